The van der Waals surface area contributed by atoms with Gasteiger partial charge < -0.3 is 19.8 Å². The van der Waals surface area contributed by atoms with E-state index in [0.717, 1.165) is 12.8 Å². The van der Waals surface area contributed by atoms with Crippen LogP contribution < -0.4 is 15.4 Å². The molecule has 0 unspecified atom stereocenters. The lowest BCUT2D eigenvalue weighted by Crippen LogP contribution is -2.40. The summed E-state index contributed by atoms with van der Waals surface area (Å²) in [6, 6.07) is 10.1. The van der Waals surface area contributed by atoms with Gasteiger partial charge >= 0.3 is 0 Å². The van der Waals surface area contributed by atoms with Crippen LogP contribution in [0.25, 0.3) is 6.08 Å². The van der Waals surface area contributed by atoms with E-state index in [2.05, 4.69) is 10.6 Å². The largest absolute Gasteiger partial charge is 0.497 e. The van der Waals surface area contributed by atoms with Crippen LogP contribution in [0, 0.1) is 0 Å². The minimum atomic E-state index is -0.384. The maximum Gasteiger partial charge on any atom is 0.268 e. The van der Waals surface area contributed by atoms with Gasteiger partial charge in [0, 0.05) is 17.7 Å². The van der Waals surface area contributed by atoms with E-state index < -0.39 is 0 Å². The zero-order valence-electron chi connectivity index (χ0n) is 15.2. The first-order chi connectivity index (χ1) is 12.6. The quantitative estimate of drug-likeness (QED) is 0.711. The van der Waals surface area contributed by atoms with Crippen LogP contribution in [0.5, 0.6) is 5.75 Å². The topological polar surface area (TPSA) is 80.6 Å². The highest BCUT2D eigenvalue weighted by Crippen LogP contribution is 2.13. The van der Waals surface area contributed by atoms with E-state index in [-0.39, 0.29) is 23.6 Å². The van der Waals surface area contributed by atoms with E-state index in [4.69, 9.17) is 9.15 Å². The van der Waals surface area contributed by atoms with Gasteiger partial charge in [-0.2, -0.15) is 0 Å². The molecule has 0 aliphatic heterocycles. The van der Waals surface area contributed by atoms with Crippen LogP contribution in [0.1, 0.15) is 42.8 Å². The second-order valence-electron chi connectivity index (χ2n) is 5.74. The molecule has 0 atom stereocenters. The van der Waals surface area contributed by atoms with Gasteiger partial charge in [-0.25, -0.2) is 0 Å². The number of hydrogen-bond acceptors (Lipinski definition) is 4. The van der Waals surface area contributed by atoms with Gasteiger partial charge in [-0.1, -0.05) is 13.8 Å². The van der Waals surface area contributed by atoms with Crippen LogP contribution in [-0.4, -0.2) is 25.0 Å². The molecule has 0 spiro atoms. The molecule has 0 saturated heterocycles. The number of carbonyl (C=O) groups is 2. The number of hydrogen-bond donors (Lipinski definition) is 2. The lowest BCUT2D eigenvalue weighted by Gasteiger charge is -2.17. The van der Waals surface area contributed by atoms with E-state index in [1.54, 1.807) is 43.5 Å². The second kappa shape index (κ2) is 9.46. The molecule has 26 heavy (non-hydrogen) atoms. The number of rotatable bonds is 8. The first-order valence-electron chi connectivity index (χ1n) is 8.58. The highest BCUT2D eigenvalue weighted by molar-refractivity contribution is 6.05. The minimum absolute atomic E-state index is 0.0420. The van der Waals surface area contributed by atoms with Crippen LogP contribution in [0.4, 0.5) is 0 Å². The minimum Gasteiger partial charge on any atom is -0.497 e. The molecule has 0 fully saturated rings. The van der Waals surface area contributed by atoms with Gasteiger partial charge in [-0.3, -0.25) is 9.59 Å². The van der Waals surface area contributed by atoms with Crippen molar-refractivity contribution >= 4 is 17.9 Å². The maximum absolute atomic E-state index is 12.6. The molecule has 1 aromatic heterocycles. The summed E-state index contributed by atoms with van der Waals surface area (Å²) < 4.78 is 10.4. The molecule has 0 radical (unpaired) electrons. The summed E-state index contributed by atoms with van der Waals surface area (Å²) in [4.78, 5) is 25.1. The molecule has 2 rings (SSSR count). The van der Waals surface area contributed by atoms with E-state index in [1.165, 1.54) is 12.3 Å². The number of carbonyl (C=O) groups excluding carboxylic acids is 2. The number of amides is 2. The molecule has 1 heterocycles. The Balaban J connectivity index is 2.20. The third kappa shape index (κ3) is 5.24. The standard InChI is InChI=1S/C20H24N2O4/c1-4-15(5-2)21-20(24)18(13-17-7-6-12-26-17)22-19(23)14-8-10-16(25-3)11-9-14/h6-13,15H,4-5H2,1-3H3,(H,21,24)(H,22,23)/b18-13-. The second-order valence-corrected chi connectivity index (χ2v) is 5.74. The Kier molecular flexibility index (Phi) is 7.02. The molecule has 6 heteroatoms. The van der Waals surface area contributed by atoms with Gasteiger partial charge in [0.15, 0.2) is 0 Å². The molecular weight excluding hydrogens is 332 g/mol. The monoisotopic (exact) mass is 356 g/mol. The highest BCUT2D eigenvalue weighted by atomic mass is 16.5. The molecule has 138 valence electrons. The molecular formula is C20H24N2O4. The van der Waals surface area contributed by atoms with Crippen molar-refractivity contribution in [1.29, 1.82) is 0 Å². The predicted octanol–water partition coefficient (Wildman–Crippen LogP) is 3.36. The summed E-state index contributed by atoms with van der Waals surface area (Å²) in [7, 11) is 1.56. The number of ether oxygens (including phenoxy) is 1. The Morgan fingerprint density at radius 2 is 1.85 bits per heavy atom. The summed E-state index contributed by atoms with van der Waals surface area (Å²) >= 11 is 0. The van der Waals surface area contributed by atoms with Crippen LogP contribution in [-0.2, 0) is 4.79 Å². The van der Waals surface area contributed by atoms with Crippen molar-refractivity contribution in [3.05, 3.63) is 59.7 Å². The normalized spacial score (nSPS) is 11.3. The van der Waals surface area contributed by atoms with Crippen molar-refractivity contribution in [2.75, 3.05) is 7.11 Å². The molecule has 0 bridgehead atoms. The molecule has 1 aromatic carbocycles. The Morgan fingerprint density at radius 3 is 2.38 bits per heavy atom. The van der Waals surface area contributed by atoms with Crippen LogP contribution in [0.15, 0.2) is 52.8 Å². The third-order valence-corrected chi connectivity index (χ3v) is 4.00. The Labute approximate surface area is 153 Å². The van der Waals surface area contributed by atoms with Gasteiger partial charge in [0.05, 0.1) is 13.4 Å². The molecule has 2 amide bonds. The molecule has 0 aliphatic carbocycles. The van der Waals surface area contributed by atoms with E-state index in [0.29, 0.717) is 17.1 Å². The molecule has 2 N–H and O–H groups in total. The first-order valence-corrected chi connectivity index (χ1v) is 8.58. The van der Waals surface area contributed by atoms with Crippen molar-refractivity contribution in [3.8, 4) is 5.75 Å². The summed E-state index contributed by atoms with van der Waals surface area (Å²) in [6.45, 7) is 4.00. The van der Waals surface area contributed by atoms with Crippen molar-refractivity contribution in [2.24, 2.45) is 0 Å². The molecule has 6 nitrogen and oxygen atoms in total. The first kappa shape index (κ1) is 19.3. The van der Waals surface area contributed by atoms with E-state index >= 15 is 0 Å². The summed E-state index contributed by atoms with van der Waals surface area (Å²) in [5.41, 5.74) is 0.555. The van der Waals surface area contributed by atoms with Gasteiger partial charge in [0.1, 0.15) is 17.2 Å². The summed E-state index contributed by atoms with van der Waals surface area (Å²) in [5, 5.41) is 5.59. The van der Waals surface area contributed by atoms with Crippen molar-refractivity contribution < 1.29 is 18.7 Å². The SMILES string of the molecule is CCC(CC)NC(=O)/C(=C/c1ccco1)NC(=O)c1ccc(OC)cc1. The predicted molar refractivity (Wildman–Crippen MR) is 99.7 cm³/mol. The molecule has 0 aliphatic rings. The maximum atomic E-state index is 12.6. The van der Waals surface area contributed by atoms with Gasteiger partial charge in [0.2, 0.25) is 0 Å². The number of benzene rings is 1. The lowest BCUT2D eigenvalue weighted by molar-refractivity contribution is -0.118. The fourth-order valence-corrected chi connectivity index (χ4v) is 2.37. The van der Waals surface area contributed by atoms with Crippen molar-refractivity contribution in [2.45, 2.75) is 32.7 Å². The number of nitrogens with one attached hydrogen (secondary N) is 2. The Morgan fingerprint density at radius 1 is 1.15 bits per heavy atom. The zero-order valence-corrected chi connectivity index (χ0v) is 15.2. The fourth-order valence-electron chi connectivity index (χ4n) is 2.37. The van der Waals surface area contributed by atoms with Gasteiger partial charge in [0.25, 0.3) is 11.8 Å². The average molecular weight is 356 g/mol. The van der Waals surface area contributed by atoms with Crippen LogP contribution >= 0.6 is 0 Å². The average Bonchev–Trinajstić information content (AvgIpc) is 3.18. The molecule has 0 saturated carbocycles. The fraction of sp³-hybridized carbons (Fsp3) is 0.300. The van der Waals surface area contributed by atoms with Crippen LogP contribution in [0.3, 0.4) is 0 Å². The Bertz CT molecular complexity index is 745. The molecule has 2 aromatic rings. The number of furan rings is 1. The van der Waals surface area contributed by atoms with Gasteiger partial charge in [-0.05, 0) is 49.2 Å². The number of methoxy groups -OCH3 is 1. The smallest absolute Gasteiger partial charge is 0.268 e. The summed E-state index contributed by atoms with van der Waals surface area (Å²) in [5.74, 6) is 0.399. The summed E-state index contributed by atoms with van der Waals surface area (Å²) in [6.07, 6.45) is 4.64. The van der Waals surface area contributed by atoms with Crippen LogP contribution in [0.2, 0.25) is 0 Å². The Hall–Kier alpha value is -3.02. The lowest BCUT2D eigenvalue weighted by atomic mass is 10.1. The van der Waals surface area contributed by atoms with E-state index in [9.17, 15) is 9.59 Å². The van der Waals surface area contributed by atoms with Crippen molar-refractivity contribution in [3.63, 3.8) is 0 Å². The highest BCUT2D eigenvalue weighted by Gasteiger charge is 2.17. The third-order valence-electron chi connectivity index (χ3n) is 4.00. The van der Waals surface area contributed by atoms with E-state index in [1.807, 2.05) is 13.8 Å². The van der Waals surface area contributed by atoms with Gasteiger partial charge in [-0.15, -0.1) is 0 Å². The van der Waals surface area contributed by atoms with Crippen molar-refractivity contribution in [1.82, 2.24) is 10.6 Å². The zero-order chi connectivity index (χ0) is 18.9.